The third-order valence-corrected chi connectivity index (χ3v) is 4.04. The number of amides is 1. The van der Waals surface area contributed by atoms with Crippen molar-refractivity contribution in [1.29, 1.82) is 0 Å². The number of benzene rings is 1. The summed E-state index contributed by atoms with van der Waals surface area (Å²) in [5, 5.41) is 7.31. The van der Waals surface area contributed by atoms with Crippen molar-refractivity contribution in [2.75, 3.05) is 5.32 Å². The molecular weight excluding hydrogens is 312 g/mol. The second-order valence-corrected chi connectivity index (χ2v) is 6.08. The third kappa shape index (κ3) is 4.32. The summed E-state index contributed by atoms with van der Waals surface area (Å²) < 4.78 is 1.64. The van der Waals surface area contributed by atoms with Crippen molar-refractivity contribution in [1.82, 2.24) is 14.8 Å². The molecule has 0 aliphatic heterocycles. The Labute approximate surface area is 147 Å². The van der Waals surface area contributed by atoms with Gasteiger partial charge in [-0.3, -0.25) is 14.5 Å². The van der Waals surface area contributed by atoms with Crippen molar-refractivity contribution in [3.05, 3.63) is 77.4 Å². The summed E-state index contributed by atoms with van der Waals surface area (Å²) in [7, 11) is 1.80. The van der Waals surface area contributed by atoms with Crippen molar-refractivity contribution >= 4 is 11.6 Å². The number of aromatic nitrogens is 3. The van der Waals surface area contributed by atoms with Crippen LogP contribution in [0.2, 0.25) is 0 Å². The summed E-state index contributed by atoms with van der Waals surface area (Å²) in [6.45, 7) is 2.10. The van der Waals surface area contributed by atoms with Gasteiger partial charge in [0.2, 0.25) is 0 Å². The van der Waals surface area contributed by atoms with Gasteiger partial charge < -0.3 is 5.32 Å². The van der Waals surface area contributed by atoms with Crippen molar-refractivity contribution in [2.24, 2.45) is 7.05 Å². The van der Waals surface area contributed by atoms with E-state index in [0.29, 0.717) is 5.69 Å². The minimum atomic E-state index is -0.140. The Morgan fingerprint density at radius 1 is 1.08 bits per heavy atom. The fourth-order valence-electron chi connectivity index (χ4n) is 2.75. The van der Waals surface area contributed by atoms with Gasteiger partial charge in [-0.15, -0.1) is 0 Å². The van der Waals surface area contributed by atoms with Gasteiger partial charge >= 0.3 is 0 Å². The highest BCUT2D eigenvalue weighted by atomic mass is 16.2. The van der Waals surface area contributed by atoms with Crippen LogP contribution in [0.1, 0.15) is 40.7 Å². The first-order chi connectivity index (χ1) is 12.2. The van der Waals surface area contributed by atoms with E-state index in [4.69, 9.17) is 0 Å². The van der Waals surface area contributed by atoms with Gasteiger partial charge in [0.05, 0.1) is 5.69 Å². The Hall–Kier alpha value is -2.95. The van der Waals surface area contributed by atoms with Crippen LogP contribution >= 0.6 is 0 Å². The van der Waals surface area contributed by atoms with Gasteiger partial charge in [0.25, 0.3) is 5.91 Å². The number of nitrogens with one attached hydrogen (secondary N) is 1. The summed E-state index contributed by atoms with van der Waals surface area (Å²) in [6, 6.07) is 13.8. The topological polar surface area (TPSA) is 59.8 Å². The Morgan fingerprint density at radius 3 is 2.44 bits per heavy atom. The normalized spacial score (nSPS) is 10.6. The quantitative estimate of drug-likeness (QED) is 0.749. The van der Waals surface area contributed by atoms with Gasteiger partial charge in [0.1, 0.15) is 5.69 Å². The third-order valence-electron chi connectivity index (χ3n) is 4.04. The number of anilines is 1. The van der Waals surface area contributed by atoms with Crippen LogP contribution in [-0.4, -0.2) is 20.7 Å². The molecule has 0 saturated carbocycles. The Morgan fingerprint density at radius 2 is 1.76 bits per heavy atom. The van der Waals surface area contributed by atoms with Crippen LogP contribution in [0.4, 0.5) is 5.69 Å². The number of pyridine rings is 1. The number of hydrogen-bond acceptors (Lipinski definition) is 3. The Balaban J connectivity index is 1.66. The zero-order chi connectivity index (χ0) is 17.6. The summed E-state index contributed by atoms with van der Waals surface area (Å²) in [5.74, 6) is -0.140. The molecule has 0 saturated heterocycles. The zero-order valence-corrected chi connectivity index (χ0v) is 14.6. The number of hydrogen-bond donors (Lipinski definition) is 1. The van der Waals surface area contributed by atoms with Crippen molar-refractivity contribution < 1.29 is 4.79 Å². The summed E-state index contributed by atoms with van der Waals surface area (Å²) in [4.78, 5) is 16.5. The van der Waals surface area contributed by atoms with E-state index in [1.165, 1.54) is 11.1 Å². The molecule has 2 heterocycles. The van der Waals surface area contributed by atoms with Crippen molar-refractivity contribution in [3.63, 3.8) is 0 Å². The van der Waals surface area contributed by atoms with Crippen LogP contribution in [0.3, 0.4) is 0 Å². The molecule has 1 amide bonds. The molecule has 3 aromatic rings. The van der Waals surface area contributed by atoms with E-state index >= 15 is 0 Å². The molecular formula is C20H22N4O. The molecule has 2 aromatic heterocycles. The van der Waals surface area contributed by atoms with Crippen LogP contribution in [0.5, 0.6) is 0 Å². The molecule has 1 N–H and O–H groups in total. The standard InChI is InChI=1S/C20H22N4O/c1-3-4-18-14-19(24(2)23-18)20(25)22-17-7-5-15(6-8-17)13-16-9-11-21-12-10-16/h5-12,14H,3-4,13H2,1-2H3,(H,22,25). The largest absolute Gasteiger partial charge is 0.321 e. The Kier molecular flexibility index (Phi) is 5.23. The van der Waals surface area contributed by atoms with Crippen molar-refractivity contribution in [2.45, 2.75) is 26.2 Å². The molecule has 0 fully saturated rings. The summed E-state index contributed by atoms with van der Waals surface area (Å²) in [6.07, 6.45) is 6.33. The van der Waals surface area contributed by atoms with Gasteiger partial charge in [-0.2, -0.15) is 5.10 Å². The molecule has 0 atom stereocenters. The summed E-state index contributed by atoms with van der Waals surface area (Å²) in [5.41, 5.74) is 4.70. The average Bonchev–Trinajstić information content (AvgIpc) is 2.98. The molecule has 0 unspecified atom stereocenters. The highest BCUT2D eigenvalue weighted by Crippen LogP contribution is 2.15. The first kappa shape index (κ1) is 16.9. The molecule has 0 aliphatic rings. The van der Waals surface area contributed by atoms with E-state index < -0.39 is 0 Å². The number of carbonyl (C=O) groups is 1. The molecule has 0 radical (unpaired) electrons. The lowest BCUT2D eigenvalue weighted by Crippen LogP contribution is -2.16. The number of nitrogens with zero attached hydrogens (tertiary/aromatic N) is 3. The van der Waals surface area contributed by atoms with Crippen LogP contribution in [0.15, 0.2) is 54.9 Å². The van der Waals surface area contributed by atoms with Gasteiger partial charge in [-0.1, -0.05) is 25.5 Å². The van der Waals surface area contributed by atoms with E-state index in [2.05, 4.69) is 22.3 Å². The number of rotatable bonds is 6. The predicted molar refractivity (Wildman–Crippen MR) is 98.6 cm³/mol. The molecule has 0 bridgehead atoms. The van der Waals surface area contributed by atoms with Crippen LogP contribution < -0.4 is 5.32 Å². The Bertz CT molecular complexity index is 838. The molecule has 0 aliphatic carbocycles. The fourth-order valence-corrected chi connectivity index (χ4v) is 2.75. The monoisotopic (exact) mass is 334 g/mol. The van der Waals surface area contributed by atoms with E-state index in [1.54, 1.807) is 24.1 Å². The lowest BCUT2D eigenvalue weighted by molar-refractivity contribution is 0.101. The minimum Gasteiger partial charge on any atom is -0.321 e. The first-order valence-electron chi connectivity index (χ1n) is 8.48. The molecule has 5 heteroatoms. The van der Waals surface area contributed by atoms with Gasteiger partial charge in [0.15, 0.2) is 0 Å². The summed E-state index contributed by atoms with van der Waals surface area (Å²) >= 11 is 0. The number of aryl methyl sites for hydroxylation is 2. The van der Waals surface area contributed by atoms with E-state index in [9.17, 15) is 4.79 Å². The molecule has 1 aromatic carbocycles. The lowest BCUT2D eigenvalue weighted by Gasteiger charge is -2.07. The van der Waals surface area contributed by atoms with Gasteiger partial charge in [0, 0.05) is 25.1 Å². The molecule has 3 rings (SSSR count). The molecule has 0 spiro atoms. The first-order valence-corrected chi connectivity index (χ1v) is 8.48. The zero-order valence-electron chi connectivity index (χ0n) is 14.6. The second kappa shape index (κ2) is 7.75. The van der Waals surface area contributed by atoms with Gasteiger partial charge in [-0.05, 0) is 54.3 Å². The van der Waals surface area contributed by atoms with E-state index in [0.717, 1.165) is 30.6 Å². The predicted octanol–water partition coefficient (Wildman–Crippen LogP) is 3.61. The maximum atomic E-state index is 12.4. The fraction of sp³-hybridized carbons (Fsp3) is 0.250. The highest BCUT2D eigenvalue weighted by molar-refractivity contribution is 6.03. The highest BCUT2D eigenvalue weighted by Gasteiger charge is 2.13. The smallest absolute Gasteiger partial charge is 0.273 e. The van der Waals surface area contributed by atoms with Crippen LogP contribution in [-0.2, 0) is 19.9 Å². The second-order valence-electron chi connectivity index (χ2n) is 6.08. The SMILES string of the molecule is CCCc1cc(C(=O)Nc2ccc(Cc3ccncc3)cc2)n(C)n1. The number of carbonyl (C=O) groups excluding carboxylic acids is 1. The van der Waals surface area contributed by atoms with Crippen LogP contribution in [0, 0.1) is 0 Å². The van der Waals surface area contributed by atoms with E-state index in [1.807, 2.05) is 42.5 Å². The lowest BCUT2D eigenvalue weighted by atomic mass is 10.1. The van der Waals surface area contributed by atoms with Gasteiger partial charge in [-0.25, -0.2) is 0 Å². The maximum absolute atomic E-state index is 12.4. The molecule has 128 valence electrons. The average molecular weight is 334 g/mol. The maximum Gasteiger partial charge on any atom is 0.273 e. The molecule has 5 nitrogen and oxygen atoms in total. The minimum absolute atomic E-state index is 0.140. The van der Waals surface area contributed by atoms with Crippen LogP contribution in [0.25, 0.3) is 0 Å². The molecule has 25 heavy (non-hydrogen) atoms. The van der Waals surface area contributed by atoms with E-state index in [-0.39, 0.29) is 5.91 Å². The van der Waals surface area contributed by atoms with Crippen molar-refractivity contribution in [3.8, 4) is 0 Å².